The maximum atomic E-state index is 8.50. The van der Waals surface area contributed by atoms with Crippen LogP contribution in [0.2, 0.25) is 0 Å². The lowest BCUT2D eigenvalue weighted by molar-refractivity contribution is -0.661. The van der Waals surface area contributed by atoms with Gasteiger partial charge in [0.25, 0.3) is 0 Å². The van der Waals surface area contributed by atoms with Crippen molar-refractivity contribution in [1.29, 1.82) is 0 Å². The van der Waals surface area contributed by atoms with Crippen molar-refractivity contribution < 1.29 is 29.2 Å². The van der Waals surface area contributed by atoms with Crippen molar-refractivity contribution in [2.24, 2.45) is 28.2 Å². The third-order valence-electron chi connectivity index (χ3n) is 23.2. The van der Waals surface area contributed by atoms with E-state index in [1.807, 2.05) is 41.6 Å². The van der Waals surface area contributed by atoms with Crippen LogP contribution < -0.4 is 18.3 Å². The third-order valence-corrected chi connectivity index (χ3v) is 23.2. The van der Waals surface area contributed by atoms with Gasteiger partial charge in [0.1, 0.15) is 28.2 Å². The molecule has 0 spiro atoms. The first-order chi connectivity index (χ1) is 51.6. The fraction of sp³-hybridized carbons (Fsp3) is 0.306. The molecule has 0 saturated carbocycles. The van der Waals surface area contributed by atoms with Crippen LogP contribution in [0, 0.1) is 27.7 Å². The van der Waals surface area contributed by atoms with Crippen LogP contribution in [0.3, 0.4) is 0 Å². The minimum absolute atomic E-state index is 0.0337. The second-order valence-corrected chi connectivity index (χ2v) is 31.4. The lowest BCUT2D eigenvalue weighted by Crippen LogP contribution is -2.31. The normalized spacial score (nSPS) is 16.9. The molecule has 0 fully saturated rings. The molecule has 8 aromatic carbocycles. The monoisotopic (exact) mass is 1350 g/mol. The Kier molecular flexibility index (Phi) is 16.1. The van der Waals surface area contributed by atoms with Crippen LogP contribution in [0.5, 0.6) is 0 Å². The molecular formula is C98H108N4+4. The molecule has 4 aliphatic rings. The van der Waals surface area contributed by atoms with Crippen LogP contribution in [-0.2, 0) is 62.7 Å². The second kappa shape index (κ2) is 27.0. The Morgan fingerprint density at radius 2 is 0.627 bits per heavy atom. The number of pyridine rings is 4. The summed E-state index contributed by atoms with van der Waals surface area (Å²) in [6, 6.07) is 69.9. The number of aromatic nitrogens is 4. The maximum Gasteiger partial charge on any atom is 0.212 e. The van der Waals surface area contributed by atoms with Gasteiger partial charge >= 0.3 is 0 Å². The van der Waals surface area contributed by atoms with E-state index in [1.54, 1.807) is 18.3 Å². The number of hydrogen-bond acceptors (Lipinski definition) is 0. The highest BCUT2D eigenvalue weighted by Gasteiger charge is 2.41. The predicted octanol–water partition coefficient (Wildman–Crippen LogP) is 22.5. The van der Waals surface area contributed by atoms with Gasteiger partial charge in [0.2, 0.25) is 22.8 Å². The van der Waals surface area contributed by atoms with Gasteiger partial charge < -0.3 is 0 Å². The predicted molar refractivity (Wildman–Crippen MR) is 428 cm³/mol. The molecule has 4 heterocycles. The Balaban J connectivity index is 0.000000129. The van der Waals surface area contributed by atoms with Gasteiger partial charge in [-0.2, -0.15) is 0 Å². The summed E-state index contributed by atoms with van der Waals surface area (Å²) in [5.41, 5.74) is 39.8. The minimum Gasteiger partial charge on any atom is -0.201 e. The summed E-state index contributed by atoms with van der Waals surface area (Å²) < 4.78 is 71.9. The first-order valence-corrected chi connectivity index (χ1v) is 36.6. The van der Waals surface area contributed by atoms with Crippen LogP contribution in [0.4, 0.5) is 0 Å². The summed E-state index contributed by atoms with van der Waals surface area (Å²) in [7, 11) is 8.16. The highest BCUT2D eigenvalue weighted by Crippen LogP contribution is 2.54. The van der Waals surface area contributed by atoms with E-state index in [2.05, 4.69) is 302 Å². The Bertz CT molecular complexity index is 5660. The standard InChI is InChI=1S/2C25H28N.2C24H26N/c1-16(2)18-11-12-24(26(6)15-18)20-14-21-19-9-7-8-10-22(19)25(4,5)23(21)13-17(20)3;1-16(2)18-11-12-26(6)24(14-18)20-15-21-19-9-7-8-10-22(19)25(4,5)23(21)13-17(20)3;1-6-17-11-12-23(25(5)15-17)19-14-20-18-9-7-8-10-21(18)24(3,4)22(20)13-16(19)2;1-6-17-11-12-25(5)23(14-17)19-15-20-18-9-7-8-10-21(18)24(3,4)22(20)13-16(19)2/h2*7-16H,1-6H3;2*7-15H,6H2,1-5H3/q4*+1/i2*1D3,16D;;. The zero-order valence-corrected chi connectivity index (χ0v) is 64.0. The topological polar surface area (TPSA) is 15.5 Å². The molecule has 0 amide bonds. The average molecular weight is 1350 g/mol. The van der Waals surface area contributed by atoms with Crippen LogP contribution in [-0.4, -0.2) is 0 Å². The molecule has 4 nitrogen and oxygen atoms in total. The quantitative estimate of drug-likeness (QED) is 0.135. The van der Waals surface area contributed by atoms with Gasteiger partial charge in [-0.25, -0.2) is 18.3 Å². The Hall–Kier alpha value is -9.64. The van der Waals surface area contributed by atoms with E-state index in [9.17, 15) is 0 Å². The molecule has 0 N–H and O–H groups in total. The van der Waals surface area contributed by atoms with E-state index in [1.165, 1.54) is 153 Å². The summed E-state index contributed by atoms with van der Waals surface area (Å²) >= 11 is 0. The van der Waals surface area contributed by atoms with E-state index in [4.69, 9.17) is 11.0 Å². The van der Waals surface area contributed by atoms with Crippen molar-refractivity contribution in [3.63, 3.8) is 0 Å². The summed E-state index contributed by atoms with van der Waals surface area (Å²) in [5.74, 6) is -3.32. The van der Waals surface area contributed by atoms with Gasteiger partial charge in [0.15, 0.2) is 24.8 Å². The van der Waals surface area contributed by atoms with E-state index in [-0.39, 0.29) is 21.7 Å². The lowest BCUT2D eigenvalue weighted by Gasteiger charge is -2.22. The lowest BCUT2D eigenvalue weighted by atomic mass is 9.81. The van der Waals surface area contributed by atoms with Crippen molar-refractivity contribution in [3.05, 3.63) is 308 Å². The molecule has 16 rings (SSSR count). The second-order valence-electron chi connectivity index (χ2n) is 31.4. The highest BCUT2D eigenvalue weighted by molar-refractivity contribution is 5.89. The SMILES string of the molecule is CCc1cc[n+](C)c(-c2cc3c(cc2C)C(C)(C)c2ccccc2-3)c1.CCc1ccc(-c2cc3c(cc2C)C(C)(C)c2ccccc2-3)[n+](C)c1.[2H]C([2H])([2H])C([2H])(C)c1cc[n+](C)c(-c2cc3c(cc2C)C(C)(C)c2ccccc2-3)c1.[2H]C([2H])([2H])C([2H])(C)c1ccc(-c2cc3c(cc2C)C(C)(C)c2ccccc2-3)[n+](C)c1. The van der Waals surface area contributed by atoms with Crippen molar-refractivity contribution in [1.82, 2.24) is 0 Å². The number of hydrogen-bond donors (Lipinski definition) is 0. The smallest absolute Gasteiger partial charge is 0.201 e. The average Bonchev–Trinajstić information content (AvgIpc) is 1.58. The van der Waals surface area contributed by atoms with E-state index in [0.29, 0.717) is 11.1 Å². The zero-order chi connectivity index (χ0) is 79.7. The van der Waals surface area contributed by atoms with Gasteiger partial charge in [0, 0.05) is 102 Å². The summed E-state index contributed by atoms with van der Waals surface area (Å²) in [6.45, 7) is 29.7. The number of aryl methyl sites for hydroxylation is 10. The molecular weight excluding hydrogens is 1230 g/mol. The minimum atomic E-state index is -2.40. The zero-order valence-electron chi connectivity index (χ0n) is 72.0. The molecule has 102 heavy (non-hydrogen) atoms. The molecule has 0 aliphatic heterocycles. The summed E-state index contributed by atoms with van der Waals surface area (Å²) in [6.07, 6.45) is 10.2. The largest absolute Gasteiger partial charge is 0.212 e. The highest BCUT2D eigenvalue weighted by atomic mass is 14.9. The van der Waals surface area contributed by atoms with Crippen molar-refractivity contribution in [2.45, 2.75) is 171 Å². The first-order valence-electron chi connectivity index (χ1n) is 40.6. The maximum absolute atomic E-state index is 8.50. The van der Waals surface area contributed by atoms with Gasteiger partial charge in [-0.3, -0.25) is 0 Å². The Labute approximate surface area is 622 Å². The molecule has 4 aromatic heterocycles. The molecule has 4 heteroatoms. The van der Waals surface area contributed by atoms with E-state index in [0.717, 1.165) is 40.9 Å². The van der Waals surface area contributed by atoms with Crippen molar-refractivity contribution in [3.8, 4) is 89.5 Å². The third kappa shape index (κ3) is 12.3. The van der Waals surface area contributed by atoms with E-state index < -0.39 is 25.5 Å². The molecule has 2 unspecified atom stereocenters. The molecule has 516 valence electrons. The van der Waals surface area contributed by atoms with Crippen molar-refractivity contribution >= 4 is 0 Å². The van der Waals surface area contributed by atoms with Crippen LogP contribution in [0.1, 0.15) is 209 Å². The number of rotatable bonds is 8. The molecule has 0 saturated heterocycles. The summed E-state index contributed by atoms with van der Waals surface area (Å²) in [4.78, 5) is 0. The van der Waals surface area contributed by atoms with Gasteiger partial charge in [-0.15, -0.1) is 0 Å². The van der Waals surface area contributed by atoms with Gasteiger partial charge in [-0.05, 0) is 211 Å². The fourth-order valence-corrected chi connectivity index (χ4v) is 17.0. The number of fused-ring (bicyclic) bond motifs is 12. The molecule has 12 aromatic rings. The van der Waals surface area contributed by atoms with Gasteiger partial charge in [0.05, 0.1) is 0 Å². The first kappa shape index (κ1) is 61.1. The number of benzene rings is 8. The molecule has 0 radical (unpaired) electrons. The van der Waals surface area contributed by atoms with Crippen LogP contribution in [0.15, 0.2) is 219 Å². The molecule has 2 atom stereocenters. The Morgan fingerprint density at radius 1 is 0.304 bits per heavy atom. The van der Waals surface area contributed by atoms with Gasteiger partial charge in [-0.1, -0.05) is 218 Å². The van der Waals surface area contributed by atoms with E-state index >= 15 is 0 Å². The van der Waals surface area contributed by atoms with Crippen LogP contribution >= 0.6 is 0 Å². The molecule has 4 aliphatic carbocycles. The fourth-order valence-electron chi connectivity index (χ4n) is 17.0. The number of nitrogens with zero attached hydrogens (tertiary/aromatic N) is 4. The Morgan fingerprint density at radius 3 is 0.980 bits per heavy atom. The van der Waals surface area contributed by atoms with Crippen LogP contribution in [0.25, 0.3) is 89.5 Å². The summed E-state index contributed by atoms with van der Waals surface area (Å²) in [5, 5.41) is 0. The van der Waals surface area contributed by atoms with Crippen molar-refractivity contribution in [2.75, 3.05) is 0 Å². The molecule has 0 bridgehead atoms.